The van der Waals surface area contributed by atoms with E-state index in [1.807, 2.05) is 85.7 Å². The second kappa shape index (κ2) is 11.1. The van der Waals surface area contributed by atoms with E-state index in [0.29, 0.717) is 35.9 Å². The van der Waals surface area contributed by atoms with Crippen molar-refractivity contribution in [3.05, 3.63) is 93.1 Å². The fourth-order valence-electron chi connectivity index (χ4n) is 4.31. The topological polar surface area (TPSA) is 65.0 Å². The van der Waals surface area contributed by atoms with E-state index in [-0.39, 0.29) is 18.2 Å². The van der Waals surface area contributed by atoms with E-state index < -0.39 is 6.04 Å². The zero-order chi connectivity index (χ0) is 24.9. The number of hydrogen-bond donors (Lipinski definition) is 1. The second-order valence-corrected chi connectivity index (χ2v) is 9.63. The van der Waals surface area contributed by atoms with Gasteiger partial charge in [0.25, 0.3) is 5.91 Å². The minimum atomic E-state index is -0.393. The van der Waals surface area contributed by atoms with E-state index in [1.54, 1.807) is 4.90 Å². The van der Waals surface area contributed by atoms with Gasteiger partial charge in [0.05, 0.1) is 23.7 Å². The zero-order valence-corrected chi connectivity index (χ0v) is 21.7. The molecular weight excluding hydrogens is 480 g/mol. The molecule has 0 aliphatic carbocycles. The SMILES string of the molecule is CCN(CC)C(=O)C1=C(C)N=C2SC=C(CC(=O)NCc3ccccc3)N2[C@H]1c1ccc(Cl)cc1. The molecule has 2 aromatic rings. The van der Waals surface area contributed by atoms with E-state index >= 15 is 0 Å². The van der Waals surface area contributed by atoms with Crippen LogP contribution in [-0.4, -0.2) is 39.9 Å². The zero-order valence-electron chi connectivity index (χ0n) is 20.1. The molecule has 2 heterocycles. The fraction of sp³-hybridized carbons (Fsp3) is 0.296. The van der Waals surface area contributed by atoms with Gasteiger partial charge >= 0.3 is 0 Å². The normalized spacial score (nSPS) is 17.0. The molecule has 0 radical (unpaired) electrons. The molecule has 2 aliphatic heterocycles. The number of nitrogens with zero attached hydrogens (tertiary/aromatic N) is 3. The lowest BCUT2D eigenvalue weighted by Gasteiger charge is -2.38. The number of carbonyl (C=O) groups excluding carboxylic acids is 2. The van der Waals surface area contributed by atoms with Crippen LogP contribution in [0.1, 0.15) is 44.4 Å². The Morgan fingerprint density at radius 3 is 2.43 bits per heavy atom. The molecule has 6 nitrogen and oxygen atoms in total. The predicted octanol–water partition coefficient (Wildman–Crippen LogP) is 5.49. The molecule has 2 aromatic carbocycles. The molecule has 4 rings (SSSR count). The first kappa shape index (κ1) is 25.1. The second-order valence-electron chi connectivity index (χ2n) is 8.36. The minimum Gasteiger partial charge on any atom is -0.352 e. The van der Waals surface area contributed by atoms with E-state index in [4.69, 9.17) is 16.6 Å². The molecule has 1 atom stereocenters. The van der Waals surface area contributed by atoms with Crippen LogP contribution in [-0.2, 0) is 16.1 Å². The third-order valence-corrected chi connectivity index (χ3v) is 7.28. The summed E-state index contributed by atoms with van der Waals surface area (Å²) in [6.45, 7) is 7.51. The Morgan fingerprint density at radius 2 is 1.77 bits per heavy atom. The number of likely N-dealkylation sites (N-methyl/N-ethyl adjacent to an activating group) is 1. The van der Waals surface area contributed by atoms with Gasteiger partial charge in [-0.15, -0.1) is 0 Å². The van der Waals surface area contributed by atoms with Crippen LogP contribution in [0.5, 0.6) is 0 Å². The van der Waals surface area contributed by atoms with Crippen LogP contribution >= 0.6 is 23.4 Å². The maximum atomic E-state index is 13.6. The van der Waals surface area contributed by atoms with Crippen LogP contribution in [0, 0.1) is 0 Å². The van der Waals surface area contributed by atoms with Gasteiger partial charge in [0.1, 0.15) is 0 Å². The van der Waals surface area contributed by atoms with Gasteiger partial charge in [-0.05, 0) is 49.4 Å². The summed E-state index contributed by atoms with van der Waals surface area (Å²) in [5.74, 6) is -0.125. The highest BCUT2D eigenvalue weighted by Gasteiger charge is 2.41. The molecule has 0 saturated carbocycles. The first-order valence-electron chi connectivity index (χ1n) is 11.7. The van der Waals surface area contributed by atoms with Crippen LogP contribution < -0.4 is 5.32 Å². The highest BCUT2D eigenvalue weighted by atomic mass is 35.5. The summed E-state index contributed by atoms with van der Waals surface area (Å²) in [4.78, 5) is 35.1. The Bertz CT molecular complexity index is 1190. The maximum absolute atomic E-state index is 13.6. The smallest absolute Gasteiger partial charge is 0.254 e. The number of thioether (sulfide) groups is 1. The lowest BCUT2D eigenvalue weighted by atomic mass is 9.92. The van der Waals surface area contributed by atoms with E-state index in [9.17, 15) is 9.59 Å². The summed E-state index contributed by atoms with van der Waals surface area (Å²) in [6.07, 6.45) is 0.189. The van der Waals surface area contributed by atoms with Crippen molar-refractivity contribution in [3.63, 3.8) is 0 Å². The number of nitrogens with one attached hydrogen (secondary N) is 1. The van der Waals surface area contributed by atoms with Gasteiger partial charge in [-0.3, -0.25) is 9.59 Å². The number of carbonyl (C=O) groups is 2. The van der Waals surface area contributed by atoms with Crippen LogP contribution in [0.2, 0.25) is 5.02 Å². The Hall–Kier alpha value is -3.03. The molecule has 0 spiro atoms. The number of benzene rings is 2. The molecule has 2 aliphatic rings. The van der Waals surface area contributed by atoms with Crippen LogP contribution in [0.3, 0.4) is 0 Å². The third-order valence-electron chi connectivity index (χ3n) is 6.14. The average molecular weight is 509 g/mol. The fourth-order valence-corrected chi connectivity index (χ4v) is 5.40. The Kier molecular flexibility index (Phi) is 7.98. The molecule has 0 aromatic heterocycles. The Morgan fingerprint density at radius 1 is 1.09 bits per heavy atom. The highest BCUT2D eigenvalue weighted by Crippen LogP contribution is 2.45. The van der Waals surface area contributed by atoms with Gasteiger partial charge in [-0.25, -0.2) is 4.99 Å². The number of halogens is 1. The van der Waals surface area contributed by atoms with E-state index in [1.165, 1.54) is 11.8 Å². The number of fused-ring (bicyclic) bond motifs is 1. The van der Waals surface area contributed by atoms with Crippen molar-refractivity contribution in [2.75, 3.05) is 13.1 Å². The quantitative estimate of drug-likeness (QED) is 0.512. The Balaban J connectivity index is 1.64. The Labute approximate surface area is 215 Å². The van der Waals surface area contributed by atoms with Crippen LogP contribution in [0.15, 0.2) is 82.0 Å². The number of aliphatic imine (C=N–C) groups is 1. The van der Waals surface area contributed by atoms with Crippen molar-refractivity contribution in [3.8, 4) is 0 Å². The van der Waals surface area contributed by atoms with Crippen LogP contribution in [0.4, 0.5) is 0 Å². The van der Waals surface area contributed by atoms with Gasteiger partial charge in [0.15, 0.2) is 5.17 Å². The maximum Gasteiger partial charge on any atom is 0.254 e. The lowest BCUT2D eigenvalue weighted by Crippen LogP contribution is -2.42. The van der Waals surface area contributed by atoms with Gasteiger partial charge in [0.2, 0.25) is 5.91 Å². The largest absolute Gasteiger partial charge is 0.352 e. The molecule has 0 fully saturated rings. The number of allylic oxidation sites excluding steroid dienone is 1. The van der Waals surface area contributed by atoms with Crippen molar-refractivity contribution in [1.29, 1.82) is 0 Å². The summed E-state index contributed by atoms with van der Waals surface area (Å²) < 4.78 is 0. The van der Waals surface area contributed by atoms with E-state index in [2.05, 4.69) is 5.32 Å². The molecule has 0 bridgehead atoms. The number of hydrogen-bond acceptors (Lipinski definition) is 5. The van der Waals surface area contributed by atoms with Gasteiger partial charge in [0, 0.05) is 30.4 Å². The van der Waals surface area contributed by atoms with Crippen molar-refractivity contribution in [2.45, 2.75) is 39.8 Å². The first-order chi connectivity index (χ1) is 16.9. The van der Waals surface area contributed by atoms with Crippen molar-refractivity contribution in [2.24, 2.45) is 4.99 Å². The molecule has 2 amide bonds. The lowest BCUT2D eigenvalue weighted by molar-refractivity contribution is -0.127. The van der Waals surface area contributed by atoms with Crippen molar-refractivity contribution in [1.82, 2.24) is 15.1 Å². The molecule has 8 heteroatoms. The third kappa shape index (κ3) is 5.46. The highest BCUT2D eigenvalue weighted by molar-refractivity contribution is 8.16. The van der Waals surface area contributed by atoms with Gasteiger partial charge < -0.3 is 15.1 Å². The summed E-state index contributed by atoms with van der Waals surface area (Å²) in [5, 5.41) is 6.36. The molecule has 35 heavy (non-hydrogen) atoms. The summed E-state index contributed by atoms with van der Waals surface area (Å²) >= 11 is 7.65. The van der Waals surface area contributed by atoms with E-state index in [0.717, 1.165) is 22.0 Å². The van der Waals surface area contributed by atoms with Crippen molar-refractivity contribution < 1.29 is 9.59 Å². The van der Waals surface area contributed by atoms with Gasteiger partial charge in [-0.1, -0.05) is 65.8 Å². The first-order valence-corrected chi connectivity index (χ1v) is 13.0. The molecule has 0 saturated heterocycles. The molecular formula is C27H29ClN4O2S. The molecule has 0 unspecified atom stereocenters. The van der Waals surface area contributed by atoms with Crippen LogP contribution in [0.25, 0.3) is 0 Å². The van der Waals surface area contributed by atoms with Crippen molar-refractivity contribution >= 4 is 40.3 Å². The average Bonchev–Trinajstić information content (AvgIpc) is 3.25. The summed E-state index contributed by atoms with van der Waals surface area (Å²) in [7, 11) is 0. The monoisotopic (exact) mass is 508 g/mol. The number of rotatable bonds is 8. The number of amidine groups is 1. The summed E-state index contributed by atoms with van der Waals surface area (Å²) in [5.41, 5.74) is 4.11. The molecule has 182 valence electrons. The summed E-state index contributed by atoms with van der Waals surface area (Å²) in [6, 6.07) is 17.0. The predicted molar refractivity (Wildman–Crippen MR) is 143 cm³/mol. The standard InChI is InChI=1S/C27H29ClN4O2S/c1-4-31(5-2)26(34)24-18(3)30-27-32(25(24)20-11-13-21(28)14-12-20)22(17-35-27)15-23(33)29-16-19-9-7-6-8-10-19/h6-14,17,25H,4-5,15-16H2,1-3H3,(H,29,33)/t25-/m0/s1. The number of amides is 2. The van der Waals surface area contributed by atoms with Gasteiger partial charge in [-0.2, -0.15) is 0 Å². The molecule has 1 N–H and O–H groups in total. The minimum absolute atomic E-state index is 0.0416.